The predicted octanol–water partition coefficient (Wildman–Crippen LogP) is 1.49. The molecule has 0 aromatic carbocycles. The summed E-state index contributed by atoms with van der Waals surface area (Å²) in [6.07, 6.45) is 3.75. The monoisotopic (exact) mass is 234 g/mol. The highest BCUT2D eigenvalue weighted by Crippen LogP contribution is 1.98. The zero-order valence-corrected chi connectivity index (χ0v) is 8.70. The molecule has 0 spiro atoms. The lowest BCUT2D eigenvalue weighted by molar-refractivity contribution is 0.0685. The zero-order valence-electron chi connectivity index (χ0n) is 8.70. The molecule has 0 bridgehead atoms. The van der Waals surface area contributed by atoms with Crippen molar-refractivity contribution in [2.75, 3.05) is 0 Å². The van der Waals surface area contributed by atoms with Gasteiger partial charge in [0.2, 0.25) is 0 Å². The van der Waals surface area contributed by atoms with Gasteiger partial charge in [-0.1, -0.05) is 6.07 Å². The van der Waals surface area contributed by atoms with E-state index in [-0.39, 0.29) is 11.4 Å². The first-order valence-electron chi connectivity index (χ1n) is 4.62. The minimum Gasteiger partial charge on any atom is -0.477 e. The maximum absolute atomic E-state index is 10.3. The fourth-order valence-corrected chi connectivity index (χ4v) is 0.951. The molecule has 0 atom stereocenters. The van der Waals surface area contributed by atoms with Crippen LogP contribution in [0.2, 0.25) is 0 Å². The van der Waals surface area contributed by atoms with Gasteiger partial charge >= 0.3 is 11.9 Å². The third kappa shape index (κ3) is 4.17. The average molecular weight is 234 g/mol. The van der Waals surface area contributed by atoms with Crippen molar-refractivity contribution < 1.29 is 19.8 Å². The van der Waals surface area contributed by atoms with Gasteiger partial charge in [0.15, 0.2) is 0 Å². The van der Waals surface area contributed by atoms with Gasteiger partial charge in [0.25, 0.3) is 0 Å². The van der Waals surface area contributed by atoms with Gasteiger partial charge < -0.3 is 15.2 Å². The number of carboxylic acid groups (broad SMARTS) is 2. The van der Waals surface area contributed by atoms with E-state index in [1.165, 1.54) is 18.2 Å². The van der Waals surface area contributed by atoms with Crippen molar-refractivity contribution in [3.63, 3.8) is 0 Å². The molecule has 3 N–H and O–H groups in total. The van der Waals surface area contributed by atoms with Gasteiger partial charge in [-0.15, -0.1) is 0 Å². The second-order valence-electron chi connectivity index (χ2n) is 2.90. The van der Waals surface area contributed by atoms with Gasteiger partial charge in [-0.2, -0.15) is 0 Å². The Balaban J connectivity index is 0.000000239. The predicted molar refractivity (Wildman–Crippen MR) is 58.9 cm³/mol. The van der Waals surface area contributed by atoms with Gasteiger partial charge in [0.1, 0.15) is 11.4 Å². The van der Waals surface area contributed by atoms with Crippen molar-refractivity contribution in [1.82, 2.24) is 9.97 Å². The Labute approximate surface area is 96.6 Å². The van der Waals surface area contributed by atoms with Crippen molar-refractivity contribution in [2.24, 2.45) is 0 Å². The first kappa shape index (κ1) is 12.4. The Hall–Kier alpha value is -2.63. The number of rotatable bonds is 2. The summed E-state index contributed by atoms with van der Waals surface area (Å²) in [6.45, 7) is 0. The largest absolute Gasteiger partial charge is 0.477 e. The Morgan fingerprint density at radius 3 is 1.71 bits per heavy atom. The van der Waals surface area contributed by atoms with Crippen LogP contribution in [0, 0.1) is 0 Å². The molecular formula is C11H10N2O4. The summed E-state index contributed by atoms with van der Waals surface area (Å²) in [5, 5.41) is 16.9. The number of aromatic carboxylic acids is 2. The van der Waals surface area contributed by atoms with E-state index >= 15 is 0 Å². The summed E-state index contributed by atoms with van der Waals surface area (Å²) in [5.41, 5.74) is -0.537. The SMILES string of the molecule is O=C(O)c1cccc(C(=O)O)n1.c1cc[nH]c1. The van der Waals surface area contributed by atoms with Crippen LogP contribution in [0.3, 0.4) is 0 Å². The molecule has 6 nitrogen and oxygen atoms in total. The maximum atomic E-state index is 10.3. The van der Waals surface area contributed by atoms with E-state index in [1.807, 2.05) is 24.5 Å². The molecule has 2 rings (SSSR count). The molecule has 0 aliphatic carbocycles. The molecule has 88 valence electrons. The van der Waals surface area contributed by atoms with E-state index in [1.54, 1.807) is 0 Å². The standard InChI is InChI=1S/C7H5NO4.C4H5N/c9-6(10)4-2-1-3-5(8-4)7(11)12;1-2-4-5-3-1/h1-3H,(H,9,10)(H,11,12);1-5H. The quantitative estimate of drug-likeness (QED) is 0.730. The molecule has 0 unspecified atom stereocenters. The van der Waals surface area contributed by atoms with Crippen LogP contribution in [0.4, 0.5) is 0 Å². The minimum absolute atomic E-state index is 0.269. The number of hydrogen-bond donors (Lipinski definition) is 3. The van der Waals surface area contributed by atoms with Gasteiger partial charge in [-0.05, 0) is 24.3 Å². The topological polar surface area (TPSA) is 103 Å². The summed E-state index contributed by atoms with van der Waals surface area (Å²) < 4.78 is 0. The van der Waals surface area contributed by atoms with Crippen LogP contribution >= 0.6 is 0 Å². The molecular weight excluding hydrogens is 224 g/mol. The summed E-state index contributed by atoms with van der Waals surface area (Å²) in [7, 11) is 0. The third-order valence-electron chi connectivity index (χ3n) is 1.68. The third-order valence-corrected chi connectivity index (χ3v) is 1.68. The van der Waals surface area contributed by atoms with Crippen molar-refractivity contribution in [2.45, 2.75) is 0 Å². The number of aromatic amines is 1. The molecule has 0 saturated carbocycles. The van der Waals surface area contributed by atoms with Gasteiger partial charge in [0, 0.05) is 12.4 Å². The molecule has 2 aromatic rings. The van der Waals surface area contributed by atoms with E-state index in [2.05, 4.69) is 9.97 Å². The lowest BCUT2D eigenvalue weighted by Gasteiger charge is -1.94. The first-order chi connectivity index (χ1) is 8.11. The zero-order chi connectivity index (χ0) is 12.7. The van der Waals surface area contributed by atoms with Crippen LogP contribution in [0.15, 0.2) is 42.7 Å². The average Bonchev–Trinajstić information content (AvgIpc) is 2.87. The summed E-state index contributed by atoms with van der Waals surface area (Å²) in [4.78, 5) is 26.9. The Morgan fingerprint density at radius 2 is 1.41 bits per heavy atom. The van der Waals surface area contributed by atoms with E-state index in [0.717, 1.165) is 0 Å². The van der Waals surface area contributed by atoms with E-state index in [4.69, 9.17) is 10.2 Å². The lowest BCUT2D eigenvalue weighted by Crippen LogP contribution is -2.06. The lowest BCUT2D eigenvalue weighted by atomic mass is 10.3. The van der Waals surface area contributed by atoms with Crippen LogP contribution in [0.5, 0.6) is 0 Å². The number of H-pyrrole nitrogens is 1. The van der Waals surface area contributed by atoms with Crippen molar-refractivity contribution in [3.05, 3.63) is 54.1 Å². The second kappa shape index (κ2) is 6.06. The molecule has 0 fully saturated rings. The molecule has 2 heterocycles. The summed E-state index contributed by atoms with van der Waals surface area (Å²) in [5.74, 6) is -2.48. The fraction of sp³-hybridized carbons (Fsp3) is 0. The molecule has 0 amide bonds. The molecule has 2 aromatic heterocycles. The number of aromatic nitrogens is 2. The van der Waals surface area contributed by atoms with Crippen molar-refractivity contribution >= 4 is 11.9 Å². The summed E-state index contributed by atoms with van der Waals surface area (Å²) in [6, 6.07) is 7.68. The summed E-state index contributed by atoms with van der Waals surface area (Å²) >= 11 is 0. The molecule has 17 heavy (non-hydrogen) atoms. The first-order valence-corrected chi connectivity index (χ1v) is 4.62. The van der Waals surface area contributed by atoms with Gasteiger partial charge in [0.05, 0.1) is 0 Å². The van der Waals surface area contributed by atoms with E-state index in [9.17, 15) is 9.59 Å². The van der Waals surface area contributed by atoms with Crippen molar-refractivity contribution in [3.8, 4) is 0 Å². The number of carbonyl (C=O) groups is 2. The Kier molecular flexibility index (Phi) is 4.44. The smallest absolute Gasteiger partial charge is 0.354 e. The van der Waals surface area contributed by atoms with Crippen LogP contribution in [0.1, 0.15) is 21.0 Å². The Bertz CT molecular complexity index is 447. The molecule has 6 heteroatoms. The molecule has 0 aliphatic heterocycles. The van der Waals surface area contributed by atoms with E-state index in [0.29, 0.717) is 0 Å². The van der Waals surface area contributed by atoms with Crippen LogP contribution in [-0.4, -0.2) is 32.1 Å². The number of carboxylic acids is 2. The highest BCUT2D eigenvalue weighted by Gasteiger charge is 2.08. The highest BCUT2D eigenvalue weighted by atomic mass is 16.4. The number of hydrogen-bond acceptors (Lipinski definition) is 3. The second-order valence-corrected chi connectivity index (χ2v) is 2.90. The molecule has 0 saturated heterocycles. The minimum atomic E-state index is -1.24. The number of pyridine rings is 1. The fourth-order valence-electron chi connectivity index (χ4n) is 0.951. The normalized spacial score (nSPS) is 8.94. The van der Waals surface area contributed by atoms with E-state index < -0.39 is 11.9 Å². The van der Waals surface area contributed by atoms with Crippen LogP contribution in [0.25, 0.3) is 0 Å². The number of nitrogens with zero attached hydrogens (tertiary/aromatic N) is 1. The highest BCUT2D eigenvalue weighted by molar-refractivity contribution is 5.89. The number of nitrogens with one attached hydrogen (secondary N) is 1. The van der Waals surface area contributed by atoms with Gasteiger partial charge in [-0.3, -0.25) is 0 Å². The maximum Gasteiger partial charge on any atom is 0.354 e. The molecule has 0 aliphatic rings. The molecule has 0 radical (unpaired) electrons. The Morgan fingerprint density at radius 1 is 0.941 bits per heavy atom. The van der Waals surface area contributed by atoms with Gasteiger partial charge in [-0.25, -0.2) is 14.6 Å². The van der Waals surface area contributed by atoms with Crippen molar-refractivity contribution in [1.29, 1.82) is 0 Å². The van der Waals surface area contributed by atoms with Crippen LogP contribution in [-0.2, 0) is 0 Å². The van der Waals surface area contributed by atoms with Crippen LogP contribution < -0.4 is 0 Å².